The van der Waals surface area contributed by atoms with E-state index in [1.54, 1.807) is 0 Å². The molecule has 21 heavy (non-hydrogen) atoms. The van der Waals surface area contributed by atoms with Crippen LogP contribution < -0.4 is 10.5 Å². The molecule has 110 valence electrons. The van der Waals surface area contributed by atoms with Crippen LogP contribution in [0, 0.1) is 0 Å². The SMILES string of the molecule is NCC(Cc1cc(Cl)cc2c1OCC2)c1cccc(Cl)c1. The summed E-state index contributed by atoms with van der Waals surface area (Å²) in [7, 11) is 0. The molecule has 1 aliphatic rings. The molecule has 0 aliphatic carbocycles. The van der Waals surface area contributed by atoms with Crippen LogP contribution >= 0.6 is 23.2 Å². The molecule has 0 saturated heterocycles. The summed E-state index contributed by atoms with van der Waals surface area (Å²) in [6, 6.07) is 11.8. The van der Waals surface area contributed by atoms with Crippen LogP contribution in [0.2, 0.25) is 10.0 Å². The molecular formula is C17H17Cl2NO. The monoisotopic (exact) mass is 321 g/mol. The van der Waals surface area contributed by atoms with E-state index in [-0.39, 0.29) is 5.92 Å². The van der Waals surface area contributed by atoms with Crippen molar-refractivity contribution in [2.24, 2.45) is 5.73 Å². The van der Waals surface area contributed by atoms with Gasteiger partial charge < -0.3 is 10.5 Å². The number of rotatable bonds is 4. The lowest BCUT2D eigenvalue weighted by atomic mass is 9.91. The van der Waals surface area contributed by atoms with Gasteiger partial charge in [-0.15, -0.1) is 0 Å². The zero-order valence-corrected chi connectivity index (χ0v) is 13.1. The molecule has 2 nitrogen and oxygen atoms in total. The standard InChI is InChI=1S/C17H17Cl2NO/c18-15-3-1-2-11(7-15)14(10-20)6-13-9-16(19)8-12-4-5-21-17(12)13/h1-3,7-9,14H,4-6,10,20H2. The van der Waals surface area contributed by atoms with E-state index in [1.807, 2.05) is 30.3 Å². The molecule has 0 spiro atoms. The van der Waals surface area contributed by atoms with Crippen molar-refractivity contribution in [3.63, 3.8) is 0 Å². The van der Waals surface area contributed by atoms with Crippen LogP contribution in [0.25, 0.3) is 0 Å². The first kappa shape index (κ1) is 14.7. The molecule has 0 aromatic heterocycles. The van der Waals surface area contributed by atoms with Crippen molar-refractivity contribution in [3.8, 4) is 5.75 Å². The number of nitrogens with two attached hydrogens (primary N) is 1. The highest BCUT2D eigenvalue weighted by atomic mass is 35.5. The van der Waals surface area contributed by atoms with Gasteiger partial charge >= 0.3 is 0 Å². The Morgan fingerprint density at radius 1 is 1.14 bits per heavy atom. The van der Waals surface area contributed by atoms with Crippen molar-refractivity contribution >= 4 is 23.2 Å². The number of ether oxygens (including phenoxy) is 1. The second kappa shape index (κ2) is 6.27. The van der Waals surface area contributed by atoms with E-state index >= 15 is 0 Å². The molecular weight excluding hydrogens is 305 g/mol. The fourth-order valence-corrected chi connectivity index (χ4v) is 3.32. The molecule has 0 amide bonds. The molecule has 0 fully saturated rings. The third-order valence-electron chi connectivity index (χ3n) is 3.90. The average Bonchev–Trinajstić information content (AvgIpc) is 2.92. The topological polar surface area (TPSA) is 35.2 Å². The third kappa shape index (κ3) is 3.18. The first-order valence-electron chi connectivity index (χ1n) is 7.07. The van der Waals surface area contributed by atoms with Crippen molar-refractivity contribution < 1.29 is 4.74 Å². The lowest BCUT2D eigenvalue weighted by Crippen LogP contribution is -2.15. The van der Waals surface area contributed by atoms with Gasteiger partial charge in [0.25, 0.3) is 0 Å². The molecule has 2 aromatic carbocycles. The lowest BCUT2D eigenvalue weighted by molar-refractivity contribution is 0.352. The van der Waals surface area contributed by atoms with E-state index in [0.717, 1.165) is 46.4 Å². The van der Waals surface area contributed by atoms with Gasteiger partial charge in [-0.1, -0.05) is 35.3 Å². The Morgan fingerprint density at radius 3 is 2.76 bits per heavy atom. The molecule has 0 saturated carbocycles. The van der Waals surface area contributed by atoms with Gasteiger partial charge in [0.1, 0.15) is 5.75 Å². The van der Waals surface area contributed by atoms with E-state index in [4.69, 9.17) is 33.7 Å². The quantitative estimate of drug-likeness (QED) is 0.915. The Morgan fingerprint density at radius 2 is 2.00 bits per heavy atom. The smallest absolute Gasteiger partial charge is 0.125 e. The summed E-state index contributed by atoms with van der Waals surface area (Å²) in [5.74, 6) is 1.19. The molecule has 1 atom stereocenters. The molecule has 1 aliphatic heterocycles. The molecule has 2 N–H and O–H groups in total. The van der Waals surface area contributed by atoms with E-state index < -0.39 is 0 Å². The van der Waals surface area contributed by atoms with Crippen molar-refractivity contribution in [1.29, 1.82) is 0 Å². The Bertz CT molecular complexity index is 657. The average molecular weight is 322 g/mol. The third-order valence-corrected chi connectivity index (χ3v) is 4.35. The maximum absolute atomic E-state index is 6.22. The van der Waals surface area contributed by atoms with Gasteiger partial charge in [-0.3, -0.25) is 0 Å². The van der Waals surface area contributed by atoms with Gasteiger partial charge in [0.15, 0.2) is 0 Å². The predicted molar refractivity (Wildman–Crippen MR) is 87.6 cm³/mol. The summed E-state index contributed by atoms with van der Waals surface area (Å²) in [5.41, 5.74) is 9.44. The Labute approximate surface area is 134 Å². The van der Waals surface area contributed by atoms with Crippen LogP contribution in [0.15, 0.2) is 36.4 Å². The summed E-state index contributed by atoms with van der Waals surface area (Å²) in [5, 5.41) is 1.50. The Hall–Kier alpha value is -1.22. The normalized spacial score (nSPS) is 14.6. The number of benzene rings is 2. The second-order valence-electron chi connectivity index (χ2n) is 5.34. The summed E-state index contributed by atoms with van der Waals surface area (Å²) in [6.07, 6.45) is 1.73. The molecule has 1 heterocycles. The number of fused-ring (bicyclic) bond motifs is 1. The summed E-state index contributed by atoms with van der Waals surface area (Å²) in [6.45, 7) is 1.29. The number of hydrogen-bond donors (Lipinski definition) is 1. The predicted octanol–water partition coefficient (Wildman–Crippen LogP) is 4.21. The van der Waals surface area contributed by atoms with Gasteiger partial charge in [0.05, 0.1) is 6.61 Å². The molecule has 3 rings (SSSR count). The van der Waals surface area contributed by atoms with Crippen LogP contribution in [-0.2, 0) is 12.8 Å². The van der Waals surface area contributed by atoms with E-state index in [1.165, 1.54) is 5.56 Å². The molecule has 0 radical (unpaired) electrons. The van der Waals surface area contributed by atoms with Crippen LogP contribution in [0.1, 0.15) is 22.6 Å². The second-order valence-corrected chi connectivity index (χ2v) is 6.22. The van der Waals surface area contributed by atoms with Gasteiger partial charge in [0.2, 0.25) is 0 Å². The highest BCUT2D eigenvalue weighted by Gasteiger charge is 2.20. The van der Waals surface area contributed by atoms with Gasteiger partial charge in [-0.2, -0.15) is 0 Å². The fourth-order valence-electron chi connectivity index (χ4n) is 2.86. The Balaban J connectivity index is 1.91. The summed E-state index contributed by atoms with van der Waals surface area (Å²) >= 11 is 12.3. The van der Waals surface area contributed by atoms with E-state index in [0.29, 0.717) is 6.54 Å². The highest BCUT2D eigenvalue weighted by Crippen LogP contribution is 2.35. The first-order valence-corrected chi connectivity index (χ1v) is 7.82. The zero-order valence-electron chi connectivity index (χ0n) is 11.6. The number of halogens is 2. The van der Waals surface area contributed by atoms with Crippen LogP contribution in [0.3, 0.4) is 0 Å². The van der Waals surface area contributed by atoms with Crippen molar-refractivity contribution in [2.45, 2.75) is 18.8 Å². The molecule has 2 aromatic rings. The molecule has 4 heteroatoms. The largest absolute Gasteiger partial charge is 0.493 e. The van der Waals surface area contributed by atoms with Gasteiger partial charge in [-0.25, -0.2) is 0 Å². The fraction of sp³-hybridized carbons (Fsp3) is 0.294. The highest BCUT2D eigenvalue weighted by molar-refractivity contribution is 6.31. The minimum Gasteiger partial charge on any atom is -0.493 e. The first-order chi connectivity index (χ1) is 10.2. The van der Waals surface area contributed by atoms with Crippen LogP contribution in [0.4, 0.5) is 0 Å². The summed E-state index contributed by atoms with van der Waals surface area (Å²) < 4.78 is 5.76. The maximum atomic E-state index is 6.22. The van der Waals surface area contributed by atoms with Crippen molar-refractivity contribution in [1.82, 2.24) is 0 Å². The van der Waals surface area contributed by atoms with Gasteiger partial charge in [-0.05, 0) is 53.9 Å². The minimum absolute atomic E-state index is 0.204. The molecule has 1 unspecified atom stereocenters. The summed E-state index contributed by atoms with van der Waals surface area (Å²) in [4.78, 5) is 0. The minimum atomic E-state index is 0.204. The van der Waals surface area contributed by atoms with E-state index in [9.17, 15) is 0 Å². The lowest BCUT2D eigenvalue weighted by Gasteiger charge is -2.18. The van der Waals surface area contributed by atoms with E-state index in [2.05, 4.69) is 6.07 Å². The van der Waals surface area contributed by atoms with Crippen molar-refractivity contribution in [3.05, 3.63) is 63.1 Å². The van der Waals surface area contributed by atoms with Crippen molar-refractivity contribution in [2.75, 3.05) is 13.2 Å². The number of hydrogen-bond acceptors (Lipinski definition) is 2. The van der Waals surface area contributed by atoms with Crippen LogP contribution in [-0.4, -0.2) is 13.2 Å². The van der Waals surface area contributed by atoms with Crippen LogP contribution in [0.5, 0.6) is 5.75 Å². The zero-order chi connectivity index (χ0) is 14.8. The molecule has 0 bridgehead atoms. The van der Waals surface area contributed by atoms with Gasteiger partial charge in [0, 0.05) is 22.4 Å². The maximum Gasteiger partial charge on any atom is 0.125 e. The Kier molecular flexibility index (Phi) is 4.39.